The standard InChI is InChI=1S/C17H27N3O5S3/c1-6-10(19-16(22)25-17(2,3)4)8-20(5)12-9-26-15-11(14(12)21)7-13(27-15)28(18,23)24/h7,10,12H,6,8-9H2,1-5H3,(H,19,22)(H2,18,23,24)/t10-,12?/m0/s1. The molecule has 0 aromatic carbocycles. The lowest BCUT2D eigenvalue weighted by atomic mass is 10.1. The number of amides is 1. The number of hydrogen-bond donors (Lipinski definition) is 2. The third-order valence-corrected chi connectivity index (χ3v) is 8.07. The van der Waals surface area contributed by atoms with Crippen molar-refractivity contribution in [2.24, 2.45) is 5.14 Å². The molecule has 28 heavy (non-hydrogen) atoms. The number of likely N-dealkylation sites (N-methyl/N-ethyl adjacent to an activating group) is 1. The first-order valence-corrected chi connectivity index (χ1v) is 12.2. The summed E-state index contributed by atoms with van der Waals surface area (Å²) < 4.78 is 29.1. The van der Waals surface area contributed by atoms with Crippen molar-refractivity contribution in [3.05, 3.63) is 11.6 Å². The third-order valence-electron chi connectivity index (χ3n) is 4.15. The predicted octanol–water partition coefficient (Wildman–Crippen LogP) is 2.29. The second-order valence-corrected chi connectivity index (χ2v) is 11.8. The van der Waals surface area contributed by atoms with Crippen LogP contribution in [0.4, 0.5) is 4.79 Å². The summed E-state index contributed by atoms with van der Waals surface area (Å²) in [5, 5.41) is 8.02. The maximum absolute atomic E-state index is 12.9. The van der Waals surface area contributed by atoms with Gasteiger partial charge in [0.2, 0.25) is 10.0 Å². The Hall–Kier alpha value is -1.14. The van der Waals surface area contributed by atoms with E-state index in [1.807, 2.05) is 18.9 Å². The van der Waals surface area contributed by atoms with E-state index in [2.05, 4.69) is 5.32 Å². The Morgan fingerprint density at radius 2 is 2.11 bits per heavy atom. The molecule has 158 valence electrons. The van der Waals surface area contributed by atoms with Crippen LogP contribution in [0.2, 0.25) is 0 Å². The van der Waals surface area contributed by atoms with Crippen LogP contribution >= 0.6 is 23.1 Å². The van der Waals surface area contributed by atoms with E-state index in [-0.39, 0.29) is 16.0 Å². The van der Waals surface area contributed by atoms with Gasteiger partial charge in [0.15, 0.2) is 5.78 Å². The molecule has 0 aliphatic carbocycles. The topological polar surface area (TPSA) is 119 Å². The smallest absolute Gasteiger partial charge is 0.407 e. The van der Waals surface area contributed by atoms with Crippen LogP contribution < -0.4 is 10.5 Å². The monoisotopic (exact) mass is 449 g/mol. The number of primary sulfonamides is 1. The van der Waals surface area contributed by atoms with E-state index in [0.717, 1.165) is 11.3 Å². The van der Waals surface area contributed by atoms with Crippen LogP contribution in [0.5, 0.6) is 0 Å². The van der Waals surface area contributed by atoms with Gasteiger partial charge in [-0.2, -0.15) is 0 Å². The van der Waals surface area contributed by atoms with Crippen LogP contribution in [0.1, 0.15) is 44.5 Å². The Balaban J connectivity index is 2.06. The summed E-state index contributed by atoms with van der Waals surface area (Å²) in [6.07, 6.45) is 0.187. The molecule has 1 aromatic rings. The number of sulfonamides is 1. The summed E-state index contributed by atoms with van der Waals surface area (Å²) in [4.78, 5) is 26.8. The molecule has 0 bridgehead atoms. The minimum Gasteiger partial charge on any atom is -0.444 e. The van der Waals surface area contributed by atoms with Crippen molar-refractivity contribution in [2.45, 2.75) is 60.2 Å². The largest absolute Gasteiger partial charge is 0.444 e. The van der Waals surface area contributed by atoms with Crippen molar-refractivity contribution < 1.29 is 22.7 Å². The number of thioether (sulfide) groups is 1. The molecule has 0 radical (unpaired) electrons. The van der Waals surface area contributed by atoms with E-state index in [0.29, 0.717) is 28.5 Å². The molecule has 0 saturated carbocycles. The van der Waals surface area contributed by atoms with Gasteiger partial charge in [-0.3, -0.25) is 9.69 Å². The van der Waals surface area contributed by atoms with Gasteiger partial charge in [0, 0.05) is 23.9 Å². The number of nitrogens with zero attached hydrogens (tertiary/aromatic N) is 1. The van der Waals surface area contributed by atoms with Gasteiger partial charge in [0.25, 0.3) is 0 Å². The van der Waals surface area contributed by atoms with Gasteiger partial charge in [-0.25, -0.2) is 18.4 Å². The lowest BCUT2D eigenvalue weighted by Gasteiger charge is -2.32. The highest BCUT2D eigenvalue weighted by Gasteiger charge is 2.34. The Morgan fingerprint density at radius 3 is 2.64 bits per heavy atom. The fraction of sp³-hybridized carbons (Fsp3) is 0.647. The van der Waals surface area contributed by atoms with Crippen LogP contribution in [0.25, 0.3) is 0 Å². The number of hydrogen-bond acceptors (Lipinski definition) is 8. The second-order valence-electron chi connectivity index (χ2n) is 7.69. The van der Waals surface area contributed by atoms with Crippen molar-refractivity contribution >= 4 is 45.0 Å². The lowest BCUT2D eigenvalue weighted by molar-refractivity contribution is 0.0489. The minimum atomic E-state index is -3.83. The number of thiophene rings is 1. The molecule has 2 heterocycles. The summed E-state index contributed by atoms with van der Waals surface area (Å²) in [6.45, 7) is 7.81. The van der Waals surface area contributed by atoms with E-state index < -0.39 is 27.8 Å². The number of ether oxygens (including phenoxy) is 1. The first kappa shape index (κ1) is 23.1. The van der Waals surface area contributed by atoms with Crippen LogP contribution in [-0.2, 0) is 14.8 Å². The summed E-state index contributed by atoms with van der Waals surface area (Å²) in [7, 11) is -2.01. The highest BCUT2D eigenvalue weighted by atomic mass is 32.3. The molecule has 11 heteroatoms. The molecule has 1 aliphatic rings. The number of fused-ring (bicyclic) bond motifs is 1. The first-order chi connectivity index (χ1) is 12.8. The van der Waals surface area contributed by atoms with Crippen LogP contribution in [-0.4, -0.2) is 62.2 Å². The number of Topliss-reactive ketones (excluding diaryl/α,β-unsaturated/α-hetero) is 1. The van der Waals surface area contributed by atoms with Gasteiger partial charge in [-0.05, 0) is 40.3 Å². The van der Waals surface area contributed by atoms with E-state index >= 15 is 0 Å². The van der Waals surface area contributed by atoms with Crippen molar-refractivity contribution in [3.63, 3.8) is 0 Å². The number of alkyl carbamates (subject to hydrolysis) is 1. The molecule has 2 atom stereocenters. The average Bonchev–Trinajstić information content (AvgIpc) is 2.98. The number of nitrogens with two attached hydrogens (primary N) is 1. The highest BCUT2D eigenvalue weighted by molar-refractivity contribution is 8.01. The molecule has 1 aliphatic heterocycles. The van der Waals surface area contributed by atoms with Gasteiger partial charge in [-0.15, -0.1) is 23.1 Å². The Kier molecular flexibility index (Phi) is 7.19. The second kappa shape index (κ2) is 8.70. The zero-order valence-electron chi connectivity index (χ0n) is 16.6. The van der Waals surface area contributed by atoms with Crippen molar-refractivity contribution in [3.8, 4) is 0 Å². The van der Waals surface area contributed by atoms with E-state index in [9.17, 15) is 18.0 Å². The molecule has 1 aromatic heterocycles. The normalized spacial score (nSPS) is 18.7. The number of nitrogens with one attached hydrogen (secondary N) is 1. The number of carbonyl (C=O) groups is 2. The third kappa shape index (κ3) is 5.93. The fourth-order valence-corrected chi connectivity index (χ4v) is 6.26. The molecule has 3 N–H and O–H groups in total. The summed E-state index contributed by atoms with van der Waals surface area (Å²) in [6, 6.07) is 0.775. The minimum absolute atomic E-state index is 0.000296. The quantitative estimate of drug-likeness (QED) is 0.684. The average molecular weight is 450 g/mol. The van der Waals surface area contributed by atoms with Crippen LogP contribution in [0.15, 0.2) is 14.5 Å². The summed E-state index contributed by atoms with van der Waals surface area (Å²) in [5.41, 5.74) is -0.184. The van der Waals surface area contributed by atoms with E-state index in [4.69, 9.17) is 9.88 Å². The molecule has 2 rings (SSSR count). The number of ketones is 1. The zero-order chi connectivity index (χ0) is 21.3. The van der Waals surface area contributed by atoms with Gasteiger partial charge in [-0.1, -0.05) is 6.92 Å². The molecule has 1 unspecified atom stereocenters. The Bertz CT molecular complexity index is 845. The van der Waals surface area contributed by atoms with Gasteiger partial charge in [0.1, 0.15) is 9.81 Å². The predicted molar refractivity (Wildman–Crippen MR) is 111 cm³/mol. The fourth-order valence-electron chi connectivity index (χ4n) is 2.73. The van der Waals surface area contributed by atoms with Crippen molar-refractivity contribution in [1.29, 1.82) is 0 Å². The maximum Gasteiger partial charge on any atom is 0.407 e. The van der Waals surface area contributed by atoms with Gasteiger partial charge >= 0.3 is 6.09 Å². The van der Waals surface area contributed by atoms with Crippen LogP contribution in [0, 0.1) is 0 Å². The van der Waals surface area contributed by atoms with E-state index in [1.54, 1.807) is 20.8 Å². The molecule has 1 amide bonds. The summed E-state index contributed by atoms with van der Waals surface area (Å²) >= 11 is 2.48. The Labute approximate surface area is 174 Å². The molecular weight excluding hydrogens is 422 g/mol. The number of rotatable bonds is 6. The summed E-state index contributed by atoms with van der Waals surface area (Å²) in [5.74, 6) is 0.380. The Morgan fingerprint density at radius 1 is 1.46 bits per heavy atom. The van der Waals surface area contributed by atoms with E-state index in [1.165, 1.54) is 17.8 Å². The molecule has 8 nitrogen and oxygen atoms in total. The van der Waals surface area contributed by atoms with Gasteiger partial charge < -0.3 is 10.1 Å². The maximum atomic E-state index is 12.9. The van der Waals surface area contributed by atoms with Crippen LogP contribution in [0.3, 0.4) is 0 Å². The first-order valence-electron chi connectivity index (χ1n) is 8.85. The molecule has 0 spiro atoms. The highest BCUT2D eigenvalue weighted by Crippen LogP contribution is 2.39. The molecular formula is C17H27N3O5S3. The zero-order valence-corrected chi connectivity index (χ0v) is 19.1. The molecule has 0 fully saturated rings. The van der Waals surface area contributed by atoms with Crippen molar-refractivity contribution in [1.82, 2.24) is 10.2 Å². The lowest BCUT2D eigenvalue weighted by Crippen LogP contribution is -2.50. The van der Waals surface area contributed by atoms with Crippen molar-refractivity contribution in [2.75, 3.05) is 19.3 Å². The van der Waals surface area contributed by atoms with Gasteiger partial charge in [0.05, 0.1) is 10.3 Å². The molecule has 0 saturated heterocycles. The number of carbonyl (C=O) groups excluding carboxylic acids is 2. The SMILES string of the molecule is CC[C@@H](CN(C)C1CSc2sc(S(N)(=O)=O)cc2C1=O)NC(=O)OC(C)(C)C.